The van der Waals surface area contributed by atoms with Crippen molar-refractivity contribution < 1.29 is 0 Å². The van der Waals surface area contributed by atoms with Crippen molar-refractivity contribution in [2.75, 3.05) is 0 Å². The molecule has 38 heavy (non-hydrogen) atoms. The molecule has 7 rings (SSSR count). The number of fused-ring (bicyclic) bond motifs is 3. The lowest BCUT2D eigenvalue weighted by Gasteiger charge is -2.09. The Balaban J connectivity index is 1.25. The van der Waals surface area contributed by atoms with Crippen molar-refractivity contribution in [1.29, 1.82) is 0 Å². The molecule has 0 fully saturated rings. The van der Waals surface area contributed by atoms with Gasteiger partial charge in [-0.1, -0.05) is 72.8 Å². The van der Waals surface area contributed by atoms with E-state index in [1.807, 2.05) is 97.1 Å². The molecule has 7 aromatic rings. The van der Waals surface area contributed by atoms with Crippen LogP contribution in [-0.4, -0.2) is 19.9 Å². The molecule has 4 aromatic heterocycles. The molecule has 0 atom stereocenters. The summed E-state index contributed by atoms with van der Waals surface area (Å²) in [7, 11) is 0. The van der Waals surface area contributed by atoms with Gasteiger partial charge in [-0.05, 0) is 60.7 Å². The Morgan fingerprint density at radius 3 is 1.11 bits per heavy atom. The highest BCUT2D eigenvalue weighted by molar-refractivity contribution is 6.05. The number of hydrogen-bond acceptors (Lipinski definition) is 4. The first-order valence-electron chi connectivity index (χ1n) is 12.6. The minimum atomic E-state index is 0.848. The van der Waals surface area contributed by atoms with Crippen molar-refractivity contribution in [3.63, 3.8) is 0 Å². The highest BCUT2D eigenvalue weighted by Gasteiger charge is 2.10. The van der Waals surface area contributed by atoms with E-state index in [0.29, 0.717) is 0 Å². The van der Waals surface area contributed by atoms with Gasteiger partial charge in [-0.3, -0.25) is 0 Å². The topological polar surface area (TPSA) is 51.6 Å². The van der Waals surface area contributed by atoms with Gasteiger partial charge in [0.05, 0.1) is 45.2 Å². The van der Waals surface area contributed by atoms with Crippen LogP contribution in [0, 0.1) is 0 Å². The smallest absolute Gasteiger partial charge is 0.0894 e. The van der Waals surface area contributed by atoms with E-state index in [2.05, 4.69) is 36.4 Å². The van der Waals surface area contributed by atoms with Crippen molar-refractivity contribution in [2.45, 2.75) is 0 Å². The Bertz CT molecular complexity index is 1770. The fraction of sp³-hybridized carbons (Fsp3) is 0. The fourth-order valence-electron chi connectivity index (χ4n) is 4.80. The second-order valence-electron chi connectivity index (χ2n) is 9.14. The van der Waals surface area contributed by atoms with Gasteiger partial charge in [-0.15, -0.1) is 0 Å². The van der Waals surface area contributed by atoms with Crippen molar-refractivity contribution in [1.82, 2.24) is 19.9 Å². The molecule has 0 saturated carbocycles. The van der Waals surface area contributed by atoms with Gasteiger partial charge in [0.1, 0.15) is 0 Å². The first-order chi connectivity index (χ1) is 18.8. The predicted octanol–water partition coefficient (Wildman–Crippen LogP) is 8.24. The molecular formula is C34H22N4. The maximum atomic E-state index is 4.95. The minimum Gasteiger partial charge on any atom is -0.246 e. The average Bonchev–Trinajstić information content (AvgIpc) is 3.01. The van der Waals surface area contributed by atoms with E-state index in [1.165, 1.54) is 0 Å². The van der Waals surface area contributed by atoms with Crippen LogP contribution in [0.15, 0.2) is 133 Å². The van der Waals surface area contributed by atoms with Gasteiger partial charge in [0.25, 0.3) is 0 Å². The molecule has 0 bridgehead atoms. The van der Waals surface area contributed by atoms with Gasteiger partial charge in [-0.2, -0.15) is 0 Å². The average molecular weight is 487 g/mol. The molecule has 0 unspecified atom stereocenters. The second-order valence-corrected chi connectivity index (χ2v) is 9.14. The third-order valence-electron chi connectivity index (χ3n) is 6.70. The molecule has 0 saturated heterocycles. The molecule has 0 aliphatic carbocycles. The summed E-state index contributed by atoms with van der Waals surface area (Å²) in [6.07, 6.45) is 0. The summed E-state index contributed by atoms with van der Waals surface area (Å²) in [5, 5.41) is 2.13. The number of hydrogen-bond donors (Lipinski definition) is 0. The summed E-state index contributed by atoms with van der Waals surface area (Å²) in [6.45, 7) is 0. The first kappa shape index (κ1) is 22.0. The largest absolute Gasteiger partial charge is 0.246 e. The first-order valence-corrected chi connectivity index (χ1v) is 12.6. The molecular weight excluding hydrogens is 464 g/mol. The van der Waals surface area contributed by atoms with Crippen molar-refractivity contribution in [3.05, 3.63) is 133 Å². The molecule has 0 amide bonds. The van der Waals surface area contributed by atoms with E-state index in [4.69, 9.17) is 19.9 Å². The van der Waals surface area contributed by atoms with Gasteiger partial charge in [0.2, 0.25) is 0 Å². The number of aromatic nitrogens is 4. The number of benzene rings is 3. The van der Waals surface area contributed by atoms with E-state index in [9.17, 15) is 0 Å². The maximum Gasteiger partial charge on any atom is 0.0894 e. The lowest BCUT2D eigenvalue weighted by Crippen LogP contribution is -1.93. The minimum absolute atomic E-state index is 0.848. The van der Waals surface area contributed by atoms with Crippen LogP contribution in [0.4, 0.5) is 0 Å². The highest BCUT2D eigenvalue weighted by atomic mass is 14.8. The van der Waals surface area contributed by atoms with Crippen LogP contribution >= 0.6 is 0 Å². The summed E-state index contributed by atoms with van der Waals surface area (Å²) in [4.78, 5) is 19.7. The molecule has 4 heterocycles. The summed E-state index contributed by atoms with van der Waals surface area (Å²) in [6, 6.07) is 44.9. The van der Waals surface area contributed by atoms with Gasteiger partial charge in [-0.25, -0.2) is 19.9 Å². The summed E-state index contributed by atoms with van der Waals surface area (Å²) < 4.78 is 0. The zero-order chi connectivity index (χ0) is 25.3. The monoisotopic (exact) mass is 486 g/mol. The van der Waals surface area contributed by atoms with E-state index < -0.39 is 0 Å². The summed E-state index contributed by atoms with van der Waals surface area (Å²) in [5.74, 6) is 0. The van der Waals surface area contributed by atoms with Crippen molar-refractivity contribution >= 4 is 21.8 Å². The molecule has 178 valence electrons. The normalized spacial score (nSPS) is 11.2. The van der Waals surface area contributed by atoms with Crippen molar-refractivity contribution in [3.8, 4) is 45.3 Å². The second kappa shape index (κ2) is 9.34. The molecule has 0 spiro atoms. The van der Waals surface area contributed by atoms with Crippen LogP contribution in [0.25, 0.3) is 67.1 Å². The molecule has 0 radical (unpaired) electrons. The standard InChI is InChI=1S/C34H22N4/c1-3-9-23(10-4-1)27-13-7-15-31(35-27)33-19-17-25-26-18-20-34(38-30(26)22-21-29(25)37-33)32-16-8-14-28(36-32)24-11-5-2-6-12-24/h1-22H. The third kappa shape index (κ3) is 4.08. The van der Waals surface area contributed by atoms with E-state index in [-0.39, 0.29) is 0 Å². The number of nitrogens with zero attached hydrogens (tertiary/aromatic N) is 4. The van der Waals surface area contributed by atoms with Gasteiger partial charge in [0, 0.05) is 21.9 Å². The van der Waals surface area contributed by atoms with Crippen LogP contribution in [0.1, 0.15) is 0 Å². The zero-order valence-corrected chi connectivity index (χ0v) is 20.5. The van der Waals surface area contributed by atoms with Gasteiger partial charge >= 0.3 is 0 Å². The van der Waals surface area contributed by atoms with Crippen LogP contribution in [0.3, 0.4) is 0 Å². The van der Waals surface area contributed by atoms with Gasteiger partial charge in [0.15, 0.2) is 0 Å². The van der Waals surface area contributed by atoms with Crippen LogP contribution in [-0.2, 0) is 0 Å². The molecule has 0 aliphatic heterocycles. The van der Waals surface area contributed by atoms with E-state index >= 15 is 0 Å². The van der Waals surface area contributed by atoms with Gasteiger partial charge < -0.3 is 0 Å². The molecule has 4 nitrogen and oxygen atoms in total. The van der Waals surface area contributed by atoms with Crippen molar-refractivity contribution in [2.24, 2.45) is 0 Å². The Labute approximate surface area is 220 Å². The molecule has 3 aromatic carbocycles. The Morgan fingerprint density at radius 2 is 0.658 bits per heavy atom. The zero-order valence-electron chi connectivity index (χ0n) is 20.5. The van der Waals surface area contributed by atoms with Crippen LogP contribution in [0.2, 0.25) is 0 Å². The quantitative estimate of drug-likeness (QED) is 0.235. The Hall–Kier alpha value is -5.22. The lowest BCUT2D eigenvalue weighted by atomic mass is 10.1. The number of pyridine rings is 4. The number of rotatable bonds is 4. The maximum absolute atomic E-state index is 4.95. The molecule has 0 N–H and O–H groups in total. The summed E-state index contributed by atoms with van der Waals surface area (Å²) >= 11 is 0. The molecule has 4 heteroatoms. The highest BCUT2D eigenvalue weighted by Crippen LogP contribution is 2.29. The Kier molecular flexibility index (Phi) is 5.41. The van der Waals surface area contributed by atoms with Crippen LogP contribution < -0.4 is 0 Å². The van der Waals surface area contributed by atoms with Crippen LogP contribution in [0.5, 0.6) is 0 Å². The van der Waals surface area contributed by atoms with E-state index in [1.54, 1.807) is 0 Å². The Morgan fingerprint density at radius 1 is 0.263 bits per heavy atom. The fourth-order valence-corrected chi connectivity index (χ4v) is 4.80. The lowest BCUT2D eigenvalue weighted by molar-refractivity contribution is 1.27. The SMILES string of the molecule is c1ccc(-c2cccc(-c3ccc4c(ccc5nc(-c6cccc(-c7ccccc7)n6)ccc54)n3)n2)cc1. The van der Waals surface area contributed by atoms with E-state index in [0.717, 1.165) is 67.1 Å². The summed E-state index contributed by atoms with van der Waals surface area (Å²) in [5.41, 5.74) is 9.29. The molecule has 0 aliphatic rings. The predicted molar refractivity (Wildman–Crippen MR) is 154 cm³/mol. The third-order valence-corrected chi connectivity index (χ3v) is 6.70.